The lowest BCUT2D eigenvalue weighted by atomic mass is 9.94. The zero-order valence-corrected chi connectivity index (χ0v) is 16.0. The number of aromatic amines is 1. The van der Waals surface area contributed by atoms with Crippen LogP contribution in [-0.2, 0) is 4.79 Å². The van der Waals surface area contributed by atoms with E-state index < -0.39 is 17.7 Å². The first-order valence-corrected chi connectivity index (χ1v) is 9.81. The molecule has 1 unspecified atom stereocenters. The van der Waals surface area contributed by atoms with Gasteiger partial charge >= 0.3 is 0 Å². The number of anilines is 1. The fourth-order valence-electron chi connectivity index (χ4n) is 4.07. The number of piperidine rings is 1. The molecule has 1 aromatic carbocycles. The molecule has 1 saturated heterocycles. The zero-order chi connectivity index (χ0) is 20.7. The molecule has 1 fully saturated rings. The minimum absolute atomic E-state index is 0.122. The van der Waals surface area contributed by atoms with E-state index in [0.29, 0.717) is 49.5 Å². The van der Waals surface area contributed by atoms with E-state index in [1.54, 1.807) is 18.6 Å². The van der Waals surface area contributed by atoms with Crippen molar-refractivity contribution in [2.75, 3.05) is 18.0 Å². The Morgan fingerprint density at radius 1 is 1.10 bits per heavy atom. The van der Waals surface area contributed by atoms with Crippen molar-refractivity contribution < 1.29 is 13.6 Å². The Morgan fingerprint density at radius 3 is 2.63 bits per heavy atom. The van der Waals surface area contributed by atoms with Crippen LogP contribution in [0.5, 0.6) is 0 Å². The number of rotatable bonds is 3. The summed E-state index contributed by atoms with van der Waals surface area (Å²) in [4.78, 5) is 24.0. The Balaban J connectivity index is 1.27. The number of hydrazone groups is 1. The highest BCUT2D eigenvalue weighted by atomic mass is 19.1. The van der Waals surface area contributed by atoms with Gasteiger partial charge in [-0.15, -0.1) is 0 Å². The van der Waals surface area contributed by atoms with Crippen LogP contribution in [0.2, 0.25) is 0 Å². The number of carbonyl (C=O) groups is 1. The van der Waals surface area contributed by atoms with Gasteiger partial charge in [0, 0.05) is 43.9 Å². The fourth-order valence-corrected chi connectivity index (χ4v) is 4.07. The lowest BCUT2D eigenvalue weighted by molar-refractivity contribution is -0.138. The Labute approximate surface area is 170 Å². The average Bonchev–Trinajstić information content (AvgIpc) is 3.41. The van der Waals surface area contributed by atoms with Gasteiger partial charge in [0.15, 0.2) is 5.65 Å². The standard InChI is InChI=1S/C20H19F2N7O/c21-15-7-13(8-16(22)9-15)17-1-4-25-29(17)19(30)12-2-5-28(6-3-12)20-23-10-14-11-24-27-18(14)26-20/h4,7-12,17H,1-3,5-6H2,(H,23,24,26,27). The van der Waals surface area contributed by atoms with Gasteiger partial charge in [0.2, 0.25) is 11.9 Å². The first kappa shape index (κ1) is 18.6. The van der Waals surface area contributed by atoms with Crippen LogP contribution in [0.25, 0.3) is 11.0 Å². The Hall–Kier alpha value is -3.43. The minimum Gasteiger partial charge on any atom is -0.341 e. The third-order valence-corrected chi connectivity index (χ3v) is 5.63. The molecule has 2 aliphatic rings. The van der Waals surface area contributed by atoms with Gasteiger partial charge in [-0.2, -0.15) is 15.2 Å². The average molecular weight is 411 g/mol. The normalized spacial score (nSPS) is 19.7. The van der Waals surface area contributed by atoms with Crippen LogP contribution in [0.15, 0.2) is 35.7 Å². The maximum absolute atomic E-state index is 13.6. The molecule has 4 heterocycles. The first-order valence-electron chi connectivity index (χ1n) is 9.81. The minimum atomic E-state index is -0.660. The molecule has 8 nitrogen and oxygen atoms in total. The van der Waals surface area contributed by atoms with Crippen molar-refractivity contribution in [2.24, 2.45) is 11.0 Å². The van der Waals surface area contributed by atoms with E-state index >= 15 is 0 Å². The predicted molar refractivity (Wildman–Crippen MR) is 106 cm³/mol. The summed E-state index contributed by atoms with van der Waals surface area (Å²) in [6.45, 7) is 1.26. The van der Waals surface area contributed by atoms with Gasteiger partial charge in [0.25, 0.3) is 0 Å². The van der Waals surface area contributed by atoms with E-state index in [1.807, 2.05) is 4.90 Å². The second-order valence-electron chi connectivity index (χ2n) is 7.54. The molecule has 1 N–H and O–H groups in total. The Kier molecular flexibility index (Phi) is 4.61. The highest BCUT2D eigenvalue weighted by Crippen LogP contribution is 2.33. The fraction of sp³-hybridized carbons (Fsp3) is 0.350. The highest BCUT2D eigenvalue weighted by molar-refractivity contribution is 5.82. The van der Waals surface area contributed by atoms with Crippen LogP contribution in [0.1, 0.15) is 30.9 Å². The molecule has 10 heteroatoms. The summed E-state index contributed by atoms with van der Waals surface area (Å²) in [6, 6.07) is 2.86. The quantitative estimate of drug-likeness (QED) is 0.716. The Bertz CT molecular complexity index is 1100. The number of hydrogen-bond donors (Lipinski definition) is 1. The monoisotopic (exact) mass is 411 g/mol. The molecule has 1 amide bonds. The molecule has 0 spiro atoms. The summed E-state index contributed by atoms with van der Waals surface area (Å²) < 4.78 is 27.3. The third-order valence-electron chi connectivity index (χ3n) is 5.63. The SMILES string of the molecule is O=C(C1CCN(c2ncc3cn[nH]c3n2)CC1)N1N=CCC1c1cc(F)cc(F)c1. The van der Waals surface area contributed by atoms with Crippen molar-refractivity contribution >= 4 is 29.1 Å². The van der Waals surface area contributed by atoms with E-state index in [2.05, 4.69) is 25.3 Å². The maximum atomic E-state index is 13.6. The summed E-state index contributed by atoms with van der Waals surface area (Å²) in [5.74, 6) is -1.06. The summed E-state index contributed by atoms with van der Waals surface area (Å²) in [6.07, 6.45) is 6.69. The second kappa shape index (κ2) is 7.43. The number of benzene rings is 1. The Morgan fingerprint density at radius 2 is 1.87 bits per heavy atom. The number of nitrogens with zero attached hydrogens (tertiary/aromatic N) is 6. The molecule has 2 aliphatic heterocycles. The molecule has 30 heavy (non-hydrogen) atoms. The molecular weight excluding hydrogens is 392 g/mol. The lowest BCUT2D eigenvalue weighted by Crippen LogP contribution is -2.41. The summed E-state index contributed by atoms with van der Waals surface area (Å²) in [7, 11) is 0. The van der Waals surface area contributed by atoms with Crippen LogP contribution in [0, 0.1) is 17.6 Å². The molecule has 3 aromatic rings. The number of nitrogens with one attached hydrogen (secondary N) is 1. The number of fused-ring (bicyclic) bond motifs is 1. The van der Waals surface area contributed by atoms with Gasteiger partial charge in [-0.05, 0) is 30.5 Å². The van der Waals surface area contributed by atoms with Gasteiger partial charge in [-0.25, -0.2) is 18.8 Å². The molecule has 0 bridgehead atoms. The van der Waals surface area contributed by atoms with E-state index in [0.717, 1.165) is 11.5 Å². The summed E-state index contributed by atoms with van der Waals surface area (Å²) in [5, 5.41) is 13.2. The maximum Gasteiger partial charge on any atom is 0.246 e. The molecular formula is C20H19F2N7O. The molecule has 0 saturated carbocycles. The number of halogens is 2. The first-order chi connectivity index (χ1) is 14.6. The van der Waals surface area contributed by atoms with Gasteiger partial charge in [0.1, 0.15) is 11.6 Å². The summed E-state index contributed by atoms with van der Waals surface area (Å²) in [5.41, 5.74) is 1.09. The van der Waals surface area contributed by atoms with E-state index in [1.165, 1.54) is 17.1 Å². The number of hydrogen-bond acceptors (Lipinski definition) is 6. The van der Waals surface area contributed by atoms with E-state index in [9.17, 15) is 13.6 Å². The van der Waals surface area contributed by atoms with E-state index in [4.69, 9.17) is 0 Å². The largest absolute Gasteiger partial charge is 0.341 e. The molecule has 0 radical (unpaired) electrons. The molecule has 0 aliphatic carbocycles. The lowest BCUT2D eigenvalue weighted by Gasteiger charge is -2.33. The van der Waals surface area contributed by atoms with Crippen molar-refractivity contribution in [2.45, 2.75) is 25.3 Å². The second-order valence-corrected chi connectivity index (χ2v) is 7.54. The van der Waals surface area contributed by atoms with Crippen LogP contribution in [0.3, 0.4) is 0 Å². The number of amides is 1. The topological polar surface area (TPSA) is 90.4 Å². The van der Waals surface area contributed by atoms with Gasteiger partial charge < -0.3 is 4.90 Å². The van der Waals surface area contributed by atoms with Crippen molar-refractivity contribution in [3.05, 3.63) is 47.8 Å². The van der Waals surface area contributed by atoms with E-state index in [-0.39, 0.29) is 11.8 Å². The van der Waals surface area contributed by atoms with Crippen LogP contribution in [0.4, 0.5) is 14.7 Å². The van der Waals surface area contributed by atoms with Crippen molar-refractivity contribution in [3.8, 4) is 0 Å². The zero-order valence-electron chi connectivity index (χ0n) is 16.0. The van der Waals surface area contributed by atoms with Crippen molar-refractivity contribution in [1.82, 2.24) is 25.2 Å². The van der Waals surface area contributed by atoms with Gasteiger partial charge in [-0.1, -0.05) is 0 Å². The molecule has 154 valence electrons. The predicted octanol–water partition coefficient (Wildman–Crippen LogP) is 2.81. The number of H-pyrrole nitrogens is 1. The van der Waals surface area contributed by atoms with Crippen molar-refractivity contribution in [1.29, 1.82) is 0 Å². The van der Waals surface area contributed by atoms with Crippen LogP contribution < -0.4 is 4.90 Å². The third kappa shape index (κ3) is 3.38. The van der Waals surface area contributed by atoms with Gasteiger partial charge in [-0.3, -0.25) is 9.89 Å². The van der Waals surface area contributed by atoms with Crippen molar-refractivity contribution in [3.63, 3.8) is 0 Å². The molecule has 2 aromatic heterocycles. The number of carbonyl (C=O) groups excluding carboxylic acids is 1. The molecule has 5 rings (SSSR count). The van der Waals surface area contributed by atoms with Crippen LogP contribution in [-0.4, -0.2) is 50.4 Å². The number of aromatic nitrogens is 4. The van der Waals surface area contributed by atoms with Crippen LogP contribution >= 0.6 is 0 Å². The van der Waals surface area contributed by atoms with Gasteiger partial charge in [0.05, 0.1) is 17.6 Å². The molecule has 1 atom stereocenters. The highest BCUT2D eigenvalue weighted by Gasteiger charge is 2.35. The smallest absolute Gasteiger partial charge is 0.246 e. The summed E-state index contributed by atoms with van der Waals surface area (Å²) >= 11 is 0.